The molecule has 0 fully saturated rings. The van der Waals surface area contributed by atoms with E-state index in [1.165, 1.54) is 0 Å². The highest BCUT2D eigenvalue weighted by Crippen LogP contribution is 2.34. The fourth-order valence-corrected chi connectivity index (χ4v) is 3.58. The lowest BCUT2D eigenvalue weighted by Crippen LogP contribution is -2.19. The average molecular weight is 410 g/mol. The molecule has 1 aliphatic rings. The summed E-state index contributed by atoms with van der Waals surface area (Å²) >= 11 is 1.10. The summed E-state index contributed by atoms with van der Waals surface area (Å²) in [6.45, 7) is 3.85. The van der Waals surface area contributed by atoms with E-state index in [0.717, 1.165) is 16.9 Å². The van der Waals surface area contributed by atoms with Gasteiger partial charge in [-0.25, -0.2) is 9.78 Å². The third-order valence-corrected chi connectivity index (χ3v) is 5.23. The number of aryl methyl sites for hydroxylation is 2. The van der Waals surface area contributed by atoms with Crippen molar-refractivity contribution < 1.29 is 19.1 Å². The fraction of sp³-hybridized carbons (Fsp3) is 0.150. The van der Waals surface area contributed by atoms with Gasteiger partial charge in [0.15, 0.2) is 16.6 Å². The van der Waals surface area contributed by atoms with Crippen LogP contribution in [0.1, 0.15) is 20.9 Å². The van der Waals surface area contributed by atoms with Gasteiger partial charge in [-0.1, -0.05) is 29.0 Å². The smallest absolute Gasteiger partial charge is 0.325 e. The average Bonchev–Trinajstić information content (AvgIpc) is 3.29. The maximum Gasteiger partial charge on any atom is 0.325 e. The van der Waals surface area contributed by atoms with E-state index >= 15 is 0 Å². The second-order valence-corrected chi connectivity index (χ2v) is 7.40. The van der Waals surface area contributed by atoms with E-state index in [1.54, 1.807) is 25.1 Å². The predicted octanol–water partition coefficient (Wildman–Crippen LogP) is 4.38. The molecule has 0 unspecified atom stereocenters. The second kappa shape index (κ2) is 7.80. The molecule has 0 saturated carbocycles. The number of aromatic nitrogens is 1. The van der Waals surface area contributed by atoms with E-state index < -0.39 is 6.03 Å². The number of anilines is 3. The molecular weight excluding hydrogens is 392 g/mol. The minimum absolute atomic E-state index is 0.167. The van der Waals surface area contributed by atoms with Crippen molar-refractivity contribution in [2.75, 3.05) is 22.7 Å². The number of carbonyl (C=O) groups excluding carboxylic acids is 2. The van der Waals surface area contributed by atoms with Gasteiger partial charge in [0.05, 0.1) is 5.69 Å². The highest BCUT2D eigenvalue weighted by Gasteiger charge is 2.19. The van der Waals surface area contributed by atoms with Gasteiger partial charge in [0.1, 0.15) is 4.88 Å². The van der Waals surface area contributed by atoms with Crippen molar-refractivity contribution >= 4 is 39.8 Å². The number of benzene rings is 2. The van der Waals surface area contributed by atoms with E-state index in [0.29, 0.717) is 38.6 Å². The Bertz CT molecular complexity index is 1080. The van der Waals surface area contributed by atoms with Gasteiger partial charge < -0.3 is 20.1 Å². The minimum atomic E-state index is -0.426. The molecule has 9 heteroatoms. The summed E-state index contributed by atoms with van der Waals surface area (Å²) in [5.41, 5.74) is 2.88. The fourth-order valence-electron chi connectivity index (χ4n) is 2.72. The van der Waals surface area contributed by atoms with Gasteiger partial charge >= 0.3 is 6.03 Å². The van der Waals surface area contributed by atoms with Crippen LogP contribution in [0, 0.1) is 13.8 Å². The van der Waals surface area contributed by atoms with E-state index in [2.05, 4.69) is 20.9 Å². The molecule has 4 rings (SSSR count). The molecule has 2 aromatic carbocycles. The minimum Gasteiger partial charge on any atom is -0.454 e. The number of nitrogens with one attached hydrogen (secondary N) is 3. The van der Waals surface area contributed by atoms with Crippen LogP contribution in [0.15, 0.2) is 42.5 Å². The Morgan fingerprint density at radius 1 is 0.931 bits per heavy atom. The Balaban J connectivity index is 1.41. The normalized spacial score (nSPS) is 11.8. The number of hydrogen-bond donors (Lipinski definition) is 3. The molecule has 1 aliphatic heterocycles. The van der Waals surface area contributed by atoms with Gasteiger partial charge in [-0.05, 0) is 38.1 Å². The standard InChI is InChI=1S/C20H18N4O4S/c1-11-3-5-13(6-4-11)23-19(26)24-20-21-12(2)17(29-20)18(25)22-14-7-8-15-16(9-14)28-10-27-15/h3-9H,10H2,1-2H3,(H,22,25)(H2,21,23,24,26). The van der Waals surface area contributed by atoms with Gasteiger partial charge in [-0.2, -0.15) is 0 Å². The first-order valence-corrected chi connectivity index (χ1v) is 9.63. The number of amides is 3. The first-order chi connectivity index (χ1) is 14.0. The van der Waals surface area contributed by atoms with Crippen LogP contribution in [-0.2, 0) is 0 Å². The predicted molar refractivity (Wildman–Crippen MR) is 111 cm³/mol. The van der Waals surface area contributed by atoms with E-state index in [1.807, 2.05) is 31.2 Å². The quantitative estimate of drug-likeness (QED) is 0.592. The molecule has 3 amide bonds. The molecule has 0 aliphatic carbocycles. The maximum absolute atomic E-state index is 12.6. The number of hydrogen-bond acceptors (Lipinski definition) is 6. The van der Waals surface area contributed by atoms with Crippen molar-refractivity contribution in [3.8, 4) is 11.5 Å². The molecule has 29 heavy (non-hydrogen) atoms. The lowest BCUT2D eigenvalue weighted by atomic mass is 10.2. The van der Waals surface area contributed by atoms with Gasteiger partial charge in [-0.3, -0.25) is 10.1 Å². The Morgan fingerprint density at radius 3 is 2.45 bits per heavy atom. The van der Waals surface area contributed by atoms with Crippen molar-refractivity contribution in [3.05, 3.63) is 58.6 Å². The zero-order chi connectivity index (χ0) is 20.4. The Labute approximate surface area is 170 Å². The van der Waals surface area contributed by atoms with Crippen molar-refractivity contribution in [2.45, 2.75) is 13.8 Å². The molecular formula is C20H18N4O4S. The number of rotatable bonds is 4. The summed E-state index contributed by atoms with van der Waals surface area (Å²) in [4.78, 5) is 29.5. The zero-order valence-electron chi connectivity index (χ0n) is 15.7. The summed E-state index contributed by atoms with van der Waals surface area (Å²) in [6.07, 6.45) is 0. The van der Waals surface area contributed by atoms with E-state index in [4.69, 9.17) is 9.47 Å². The molecule has 1 aromatic heterocycles. The van der Waals surface area contributed by atoms with Crippen molar-refractivity contribution in [3.63, 3.8) is 0 Å². The Kier molecular flexibility index (Phi) is 5.05. The molecule has 0 spiro atoms. The maximum atomic E-state index is 12.6. The summed E-state index contributed by atoms with van der Waals surface area (Å²) in [5, 5.41) is 8.53. The van der Waals surface area contributed by atoms with Crippen LogP contribution in [0.5, 0.6) is 11.5 Å². The van der Waals surface area contributed by atoms with Gasteiger partial charge in [0.25, 0.3) is 5.91 Å². The van der Waals surface area contributed by atoms with Crippen molar-refractivity contribution in [1.82, 2.24) is 4.98 Å². The largest absolute Gasteiger partial charge is 0.454 e. The first kappa shape index (κ1) is 18.8. The van der Waals surface area contributed by atoms with E-state index in [9.17, 15) is 9.59 Å². The van der Waals surface area contributed by atoms with Gasteiger partial charge in [-0.15, -0.1) is 0 Å². The number of fused-ring (bicyclic) bond motifs is 1. The number of thiazole rings is 1. The summed E-state index contributed by atoms with van der Waals surface area (Å²) in [7, 11) is 0. The van der Waals surface area contributed by atoms with Crippen LogP contribution in [0.2, 0.25) is 0 Å². The molecule has 0 saturated heterocycles. The van der Waals surface area contributed by atoms with Crippen LogP contribution in [0.4, 0.5) is 21.3 Å². The number of carbonyl (C=O) groups is 2. The second-order valence-electron chi connectivity index (χ2n) is 6.40. The molecule has 0 atom stereocenters. The summed E-state index contributed by atoms with van der Waals surface area (Å²) < 4.78 is 10.6. The third-order valence-electron chi connectivity index (χ3n) is 4.16. The highest BCUT2D eigenvalue weighted by molar-refractivity contribution is 7.17. The highest BCUT2D eigenvalue weighted by atomic mass is 32.1. The van der Waals surface area contributed by atoms with Crippen LogP contribution >= 0.6 is 11.3 Å². The SMILES string of the molecule is Cc1ccc(NC(=O)Nc2nc(C)c(C(=O)Nc3ccc4c(c3)OCO4)s2)cc1. The summed E-state index contributed by atoms with van der Waals surface area (Å²) in [6, 6.07) is 12.2. The van der Waals surface area contributed by atoms with Crippen LogP contribution in [-0.4, -0.2) is 23.7 Å². The third kappa shape index (κ3) is 4.30. The van der Waals surface area contributed by atoms with Crippen LogP contribution in [0.3, 0.4) is 0 Å². The topological polar surface area (TPSA) is 102 Å². The number of ether oxygens (including phenoxy) is 2. The molecule has 148 valence electrons. The summed E-state index contributed by atoms with van der Waals surface area (Å²) in [5.74, 6) is 0.910. The Hall–Kier alpha value is -3.59. The van der Waals surface area contributed by atoms with Crippen LogP contribution in [0.25, 0.3) is 0 Å². The number of nitrogens with zero attached hydrogens (tertiary/aromatic N) is 1. The van der Waals surface area contributed by atoms with E-state index in [-0.39, 0.29) is 12.7 Å². The lowest BCUT2D eigenvalue weighted by Gasteiger charge is -2.05. The zero-order valence-corrected chi connectivity index (χ0v) is 16.6. The lowest BCUT2D eigenvalue weighted by molar-refractivity contribution is 0.103. The Morgan fingerprint density at radius 2 is 1.66 bits per heavy atom. The molecule has 3 N–H and O–H groups in total. The number of urea groups is 1. The van der Waals surface area contributed by atoms with Crippen LogP contribution < -0.4 is 25.4 Å². The molecule has 3 aromatic rings. The van der Waals surface area contributed by atoms with Gasteiger partial charge in [0.2, 0.25) is 6.79 Å². The van der Waals surface area contributed by atoms with Crippen molar-refractivity contribution in [1.29, 1.82) is 0 Å². The molecule has 2 heterocycles. The van der Waals surface area contributed by atoms with Gasteiger partial charge in [0, 0.05) is 17.4 Å². The monoisotopic (exact) mass is 410 g/mol. The van der Waals surface area contributed by atoms with Crippen molar-refractivity contribution in [2.24, 2.45) is 0 Å². The first-order valence-electron chi connectivity index (χ1n) is 8.81. The molecule has 0 bridgehead atoms. The molecule has 0 radical (unpaired) electrons. The molecule has 8 nitrogen and oxygen atoms in total.